The second-order valence-electron chi connectivity index (χ2n) is 3.89. The van der Waals surface area contributed by atoms with Gasteiger partial charge in [-0.3, -0.25) is 4.57 Å². The van der Waals surface area contributed by atoms with Gasteiger partial charge in [0.15, 0.2) is 5.16 Å². The van der Waals surface area contributed by atoms with E-state index in [-0.39, 0.29) is 5.95 Å². The Hall–Kier alpha value is -2.55. The van der Waals surface area contributed by atoms with Gasteiger partial charge in [-0.2, -0.15) is 15.0 Å². The van der Waals surface area contributed by atoms with Gasteiger partial charge in [-0.25, -0.2) is 15.0 Å². The summed E-state index contributed by atoms with van der Waals surface area (Å²) in [7, 11) is 0. The van der Waals surface area contributed by atoms with Gasteiger partial charge in [-0.05, 0) is 24.2 Å². The minimum absolute atomic E-state index is 0.137. The van der Waals surface area contributed by atoms with Crippen LogP contribution in [0.4, 0.5) is 5.95 Å². The first-order chi connectivity index (χ1) is 9.70. The van der Waals surface area contributed by atoms with Crippen LogP contribution in [0.3, 0.4) is 0 Å². The van der Waals surface area contributed by atoms with E-state index in [1.165, 1.54) is 11.8 Å². The van der Waals surface area contributed by atoms with Crippen LogP contribution >= 0.6 is 11.8 Å². The number of nitrogens with zero attached hydrogens (tertiary/aromatic N) is 7. The van der Waals surface area contributed by atoms with Gasteiger partial charge in [0.1, 0.15) is 6.33 Å². The summed E-state index contributed by atoms with van der Waals surface area (Å²) < 4.78 is 1.65. The van der Waals surface area contributed by atoms with Gasteiger partial charge < -0.3 is 5.73 Å². The average molecular weight is 286 g/mol. The Balaban J connectivity index is 1.92. The maximum atomic E-state index is 5.69. The number of hydrogen-bond donors (Lipinski definition) is 1. The largest absolute Gasteiger partial charge is 0.368 e. The molecule has 3 aromatic rings. The minimum atomic E-state index is 0.137. The zero-order valence-electron chi connectivity index (χ0n) is 10.5. The smallest absolute Gasteiger partial charge is 0.240 e. The summed E-state index contributed by atoms with van der Waals surface area (Å²) in [6.07, 6.45) is 8.42. The van der Waals surface area contributed by atoms with Gasteiger partial charge in [0, 0.05) is 24.8 Å². The predicted molar refractivity (Wildman–Crippen MR) is 72.3 cm³/mol. The Morgan fingerprint density at radius 1 is 1.10 bits per heavy atom. The van der Waals surface area contributed by atoms with E-state index in [9.17, 15) is 0 Å². The fourth-order valence-electron chi connectivity index (χ4n) is 1.41. The molecule has 3 aromatic heterocycles. The Labute approximate surface area is 118 Å². The highest BCUT2D eigenvalue weighted by molar-refractivity contribution is 7.99. The van der Waals surface area contributed by atoms with Gasteiger partial charge in [0.2, 0.25) is 17.1 Å². The van der Waals surface area contributed by atoms with Crippen LogP contribution in [0.25, 0.3) is 5.95 Å². The molecule has 100 valence electrons. The highest BCUT2D eigenvalue weighted by Crippen LogP contribution is 2.21. The third kappa shape index (κ3) is 2.72. The van der Waals surface area contributed by atoms with Crippen LogP contribution in [0.1, 0.15) is 5.56 Å². The van der Waals surface area contributed by atoms with E-state index in [1.54, 1.807) is 35.7 Å². The normalized spacial score (nSPS) is 10.7. The van der Waals surface area contributed by atoms with E-state index in [0.29, 0.717) is 16.3 Å². The molecule has 0 bridgehead atoms. The van der Waals surface area contributed by atoms with Crippen LogP contribution in [0.5, 0.6) is 0 Å². The lowest BCUT2D eigenvalue weighted by Gasteiger charge is -2.04. The monoisotopic (exact) mass is 286 g/mol. The molecule has 0 radical (unpaired) electrons. The van der Waals surface area contributed by atoms with E-state index in [4.69, 9.17) is 5.73 Å². The van der Waals surface area contributed by atoms with Gasteiger partial charge in [-0.1, -0.05) is 0 Å². The zero-order chi connectivity index (χ0) is 13.9. The number of nitrogen functional groups attached to an aromatic ring is 1. The van der Waals surface area contributed by atoms with Crippen molar-refractivity contribution in [2.75, 3.05) is 5.73 Å². The van der Waals surface area contributed by atoms with E-state index in [0.717, 1.165) is 5.56 Å². The van der Waals surface area contributed by atoms with Crippen LogP contribution in [0.2, 0.25) is 0 Å². The van der Waals surface area contributed by atoms with Crippen molar-refractivity contribution in [2.24, 2.45) is 0 Å². The maximum Gasteiger partial charge on any atom is 0.240 e. The minimum Gasteiger partial charge on any atom is -0.368 e. The number of anilines is 1. The summed E-state index contributed by atoms with van der Waals surface area (Å²) in [5.74, 6) is 0.544. The highest BCUT2D eigenvalue weighted by atomic mass is 32.2. The third-order valence-electron chi connectivity index (χ3n) is 2.30. The molecule has 3 rings (SSSR count). The van der Waals surface area contributed by atoms with Crippen molar-refractivity contribution < 1.29 is 0 Å². The molecule has 0 saturated carbocycles. The second-order valence-corrected chi connectivity index (χ2v) is 4.83. The number of hydrogen-bond acceptors (Lipinski definition) is 8. The van der Waals surface area contributed by atoms with Crippen molar-refractivity contribution in [1.82, 2.24) is 34.5 Å². The number of nitrogens with two attached hydrogens (primary N) is 1. The summed E-state index contributed by atoms with van der Waals surface area (Å²) in [4.78, 5) is 24.7. The molecule has 0 aliphatic heterocycles. The molecule has 0 aliphatic rings. The number of aromatic nitrogens is 7. The summed E-state index contributed by atoms with van der Waals surface area (Å²) in [6.45, 7) is 1.92. The van der Waals surface area contributed by atoms with Gasteiger partial charge in [-0.15, -0.1) is 0 Å². The van der Waals surface area contributed by atoms with Gasteiger partial charge in [0.05, 0.1) is 0 Å². The van der Waals surface area contributed by atoms with Crippen LogP contribution in [0, 0.1) is 6.92 Å². The molecule has 0 saturated heterocycles. The molecule has 3 heterocycles. The molecule has 2 N–H and O–H groups in total. The maximum absolute atomic E-state index is 5.69. The molecular formula is C11H10N8S. The van der Waals surface area contributed by atoms with Crippen molar-refractivity contribution in [1.29, 1.82) is 0 Å². The van der Waals surface area contributed by atoms with Crippen LogP contribution in [0.15, 0.2) is 41.4 Å². The number of rotatable bonds is 3. The SMILES string of the molecule is Cc1cnc(Sc2nc(N)nc(-n3ccnc3)n2)nc1. The summed E-state index contributed by atoms with van der Waals surface area (Å²) in [6, 6.07) is 0. The molecule has 0 amide bonds. The Bertz CT molecular complexity index is 710. The molecule has 0 aromatic carbocycles. The fraction of sp³-hybridized carbons (Fsp3) is 0.0909. The van der Waals surface area contributed by atoms with Gasteiger partial charge in [0.25, 0.3) is 0 Å². The molecule has 0 unspecified atom stereocenters. The first kappa shape index (κ1) is 12.5. The molecular weight excluding hydrogens is 276 g/mol. The Kier molecular flexibility index (Phi) is 3.25. The number of aryl methyl sites for hydroxylation is 1. The first-order valence-corrected chi connectivity index (χ1v) is 6.49. The standard InChI is InChI=1S/C11H10N8S/c1-7-4-14-10(15-5-7)20-11-17-8(12)16-9(18-11)19-3-2-13-6-19/h2-6H,1H3,(H2,12,16,17,18). The summed E-state index contributed by atoms with van der Waals surface area (Å²) >= 11 is 1.22. The molecule has 8 nitrogen and oxygen atoms in total. The van der Waals surface area contributed by atoms with Crippen molar-refractivity contribution in [3.63, 3.8) is 0 Å². The molecule has 0 spiro atoms. The fourth-order valence-corrected chi connectivity index (χ4v) is 2.06. The lowest BCUT2D eigenvalue weighted by molar-refractivity contribution is 0.827. The van der Waals surface area contributed by atoms with Crippen LogP contribution in [-0.2, 0) is 0 Å². The molecule has 0 atom stereocenters. The highest BCUT2D eigenvalue weighted by Gasteiger charge is 2.09. The van der Waals surface area contributed by atoms with Crippen LogP contribution < -0.4 is 5.73 Å². The quantitative estimate of drug-likeness (QED) is 0.707. The molecule has 9 heteroatoms. The lowest BCUT2D eigenvalue weighted by Crippen LogP contribution is -2.06. The third-order valence-corrected chi connectivity index (χ3v) is 3.05. The zero-order valence-corrected chi connectivity index (χ0v) is 11.3. The Morgan fingerprint density at radius 2 is 1.90 bits per heavy atom. The van der Waals surface area contributed by atoms with E-state index in [2.05, 4.69) is 29.9 Å². The van der Waals surface area contributed by atoms with Crippen molar-refractivity contribution in [3.05, 3.63) is 36.7 Å². The van der Waals surface area contributed by atoms with Crippen molar-refractivity contribution >= 4 is 17.7 Å². The average Bonchev–Trinajstić information content (AvgIpc) is 2.95. The molecule has 0 fully saturated rings. The van der Waals surface area contributed by atoms with Crippen LogP contribution in [-0.4, -0.2) is 34.5 Å². The summed E-state index contributed by atoms with van der Waals surface area (Å²) in [5, 5.41) is 0.989. The van der Waals surface area contributed by atoms with E-state index >= 15 is 0 Å². The van der Waals surface area contributed by atoms with Crippen molar-refractivity contribution in [3.8, 4) is 5.95 Å². The van der Waals surface area contributed by atoms with Crippen molar-refractivity contribution in [2.45, 2.75) is 17.2 Å². The van der Waals surface area contributed by atoms with Gasteiger partial charge >= 0.3 is 0 Å². The second kappa shape index (κ2) is 5.21. The topological polar surface area (TPSA) is 108 Å². The summed E-state index contributed by atoms with van der Waals surface area (Å²) in [5.41, 5.74) is 6.68. The molecule has 0 aliphatic carbocycles. The number of imidazole rings is 1. The molecule has 20 heavy (non-hydrogen) atoms. The first-order valence-electron chi connectivity index (χ1n) is 5.67. The predicted octanol–water partition coefficient (Wildman–Crippen LogP) is 0.889. The Morgan fingerprint density at radius 3 is 2.60 bits per heavy atom. The van der Waals surface area contributed by atoms with E-state index < -0.39 is 0 Å². The lowest BCUT2D eigenvalue weighted by atomic mass is 10.4. The van der Waals surface area contributed by atoms with E-state index in [1.807, 2.05) is 6.92 Å².